The van der Waals surface area contributed by atoms with Gasteiger partial charge in [0.15, 0.2) is 5.69 Å². The van der Waals surface area contributed by atoms with Gasteiger partial charge in [0.05, 0.1) is 15.8 Å². The third-order valence-corrected chi connectivity index (χ3v) is 5.11. The zero-order valence-electron chi connectivity index (χ0n) is 15.3. The van der Waals surface area contributed by atoms with Crippen molar-refractivity contribution in [2.45, 2.75) is 12.8 Å². The van der Waals surface area contributed by atoms with Crippen LogP contribution < -0.4 is 15.1 Å². The van der Waals surface area contributed by atoms with Gasteiger partial charge in [0.1, 0.15) is 5.69 Å². The summed E-state index contributed by atoms with van der Waals surface area (Å²) in [6.07, 6.45) is 0.608. The molecule has 5 rings (SSSR count). The highest BCUT2D eigenvalue weighted by Crippen LogP contribution is 2.27. The molecule has 0 aliphatic heterocycles. The smallest absolute Gasteiger partial charge is 0.303 e. The summed E-state index contributed by atoms with van der Waals surface area (Å²) in [5.41, 5.74) is 2.26. The minimum absolute atomic E-state index is 0.234. The number of halogens is 1. The maximum Gasteiger partial charge on any atom is 0.303 e. The van der Waals surface area contributed by atoms with Crippen molar-refractivity contribution < 1.29 is 19.2 Å². The molecule has 0 atom stereocenters. The molecule has 2 aromatic heterocycles. The van der Waals surface area contributed by atoms with E-state index in [1.54, 1.807) is 48.5 Å². The van der Waals surface area contributed by atoms with Gasteiger partial charge in [-0.15, -0.1) is 4.85 Å². The van der Waals surface area contributed by atoms with Gasteiger partial charge in [-0.25, -0.2) is 0 Å². The molecule has 0 radical (unpaired) electrons. The summed E-state index contributed by atoms with van der Waals surface area (Å²) in [6.45, 7) is 0. The highest BCUT2D eigenvalue weighted by molar-refractivity contribution is 6.30. The van der Waals surface area contributed by atoms with Crippen molar-refractivity contribution in [3.05, 3.63) is 80.9 Å². The monoisotopic (exact) mass is 424 g/mol. The quantitative estimate of drug-likeness (QED) is 0.394. The summed E-state index contributed by atoms with van der Waals surface area (Å²) >= 11 is 5.88. The molecule has 10 nitrogen and oxygen atoms in total. The van der Waals surface area contributed by atoms with E-state index >= 15 is 0 Å². The summed E-state index contributed by atoms with van der Waals surface area (Å²) in [5, 5.41) is 36.0. The fraction of sp³-hybridized carbons (Fsp3) is 0.105. The number of nitrogens with one attached hydrogen (secondary N) is 1. The molecule has 150 valence electrons. The number of rotatable bonds is 3. The Hall–Kier alpha value is -3.92. The molecule has 2 heterocycles. The molecule has 0 spiro atoms. The van der Waals surface area contributed by atoms with Crippen molar-refractivity contribution in [1.82, 2.24) is 15.1 Å². The number of hydrogen-bond acceptors (Lipinski definition) is 6. The van der Waals surface area contributed by atoms with Gasteiger partial charge in [-0.1, -0.05) is 23.7 Å². The zero-order valence-corrected chi connectivity index (χ0v) is 16.0. The molecule has 1 aliphatic rings. The van der Waals surface area contributed by atoms with Crippen LogP contribution in [0.5, 0.6) is 0 Å². The fourth-order valence-electron chi connectivity index (χ4n) is 3.41. The van der Waals surface area contributed by atoms with Gasteiger partial charge in [0, 0.05) is 23.6 Å². The lowest BCUT2D eigenvalue weighted by molar-refractivity contribution is -0.808. The lowest BCUT2D eigenvalue weighted by Crippen LogP contribution is -2.42. The molecule has 0 fully saturated rings. The molecular formula is C19H13ClN6O4. The van der Waals surface area contributed by atoms with E-state index in [-0.39, 0.29) is 22.6 Å². The molecule has 2 aromatic carbocycles. The Labute approximate surface area is 174 Å². The number of amides is 1. The first-order chi connectivity index (χ1) is 14.5. The fourth-order valence-corrected chi connectivity index (χ4v) is 3.54. The average Bonchev–Trinajstić information content (AvgIpc) is 3.30. The van der Waals surface area contributed by atoms with Crippen LogP contribution in [0.1, 0.15) is 21.7 Å². The average molecular weight is 425 g/mol. The summed E-state index contributed by atoms with van der Waals surface area (Å²) in [6, 6.07) is 13.3. The third-order valence-electron chi connectivity index (χ3n) is 4.86. The Kier molecular flexibility index (Phi) is 4.14. The molecule has 0 saturated heterocycles. The summed E-state index contributed by atoms with van der Waals surface area (Å²) < 4.78 is 4.64. The highest BCUT2D eigenvalue weighted by Gasteiger charge is 2.39. The maximum absolute atomic E-state index is 12.9. The van der Waals surface area contributed by atoms with Gasteiger partial charge in [0.2, 0.25) is 5.69 Å². The lowest BCUT2D eigenvalue weighted by Gasteiger charge is -2.11. The van der Waals surface area contributed by atoms with Crippen molar-refractivity contribution >= 4 is 23.2 Å². The molecule has 0 saturated carbocycles. The van der Waals surface area contributed by atoms with Gasteiger partial charge in [-0.3, -0.25) is 9.42 Å². The highest BCUT2D eigenvalue weighted by atomic mass is 35.5. The molecule has 30 heavy (non-hydrogen) atoms. The van der Waals surface area contributed by atoms with Crippen molar-refractivity contribution in [2.24, 2.45) is 0 Å². The molecule has 11 heteroatoms. The number of nitrogens with zero attached hydrogens (tertiary/aromatic N) is 5. The normalized spacial score (nSPS) is 12.3. The van der Waals surface area contributed by atoms with E-state index in [1.807, 2.05) is 0 Å². The second-order valence-electron chi connectivity index (χ2n) is 6.66. The van der Waals surface area contributed by atoms with E-state index in [2.05, 4.69) is 20.2 Å². The number of carbonyl (C=O) groups excluding carboxylic acids is 1. The number of carbonyl (C=O) groups is 1. The van der Waals surface area contributed by atoms with E-state index in [0.717, 1.165) is 4.80 Å². The first-order valence-electron chi connectivity index (χ1n) is 9.00. The second kappa shape index (κ2) is 6.85. The van der Waals surface area contributed by atoms with E-state index in [1.165, 1.54) is 0 Å². The van der Waals surface area contributed by atoms with Crippen LogP contribution in [0.4, 0.5) is 5.69 Å². The van der Waals surface area contributed by atoms with E-state index in [0.29, 0.717) is 44.7 Å². The minimum atomic E-state index is -0.416. The van der Waals surface area contributed by atoms with Crippen LogP contribution in [-0.2, 0) is 12.8 Å². The van der Waals surface area contributed by atoms with Crippen molar-refractivity contribution in [3.8, 4) is 17.1 Å². The van der Waals surface area contributed by atoms with Crippen molar-refractivity contribution in [2.75, 3.05) is 5.32 Å². The summed E-state index contributed by atoms with van der Waals surface area (Å²) in [4.78, 5) is 14.9. The molecule has 4 aromatic rings. The molecule has 1 N–H and O–H groups in total. The first kappa shape index (κ1) is 18.1. The molecule has 1 amide bonds. The van der Waals surface area contributed by atoms with Crippen LogP contribution in [0.3, 0.4) is 0 Å². The minimum Gasteiger partial charge on any atom is -0.692 e. The number of benzene rings is 2. The molecule has 1 aliphatic carbocycles. The molecular weight excluding hydrogens is 412 g/mol. The summed E-state index contributed by atoms with van der Waals surface area (Å²) in [7, 11) is 0. The Morgan fingerprint density at radius 3 is 2.60 bits per heavy atom. The van der Waals surface area contributed by atoms with Gasteiger partial charge in [-0.2, -0.15) is 0 Å². The predicted octanol–water partition coefficient (Wildman–Crippen LogP) is 1.80. The second-order valence-corrected chi connectivity index (χ2v) is 7.10. The predicted molar refractivity (Wildman–Crippen MR) is 104 cm³/mol. The Morgan fingerprint density at radius 2 is 1.80 bits per heavy atom. The van der Waals surface area contributed by atoms with Crippen LogP contribution in [0.15, 0.2) is 53.2 Å². The Morgan fingerprint density at radius 1 is 1.07 bits per heavy atom. The van der Waals surface area contributed by atoms with Crippen LogP contribution >= 0.6 is 11.6 Å². The molecule has 0 bridgehead atoms. The van der Waals surface area contributed by atoms with Gasteiger partial charge in [0.25, 0.3) is 5.91 Å². The lowest BCUT2D eigenvalue weighted by atomic mass is 10.0. The van der Waals surface area contributed by atoms with Gasteiger partial charge < -0.3 is 15.7 Å². The number of hydrogen-bond donors (Lipinski definition) is 1. The molecule has 0 unspecified atom stereocenters. The van der Waals surface area contributed by atoms with Gasteiger partial charge >= 0.3 is 11.4 Å². The third kappa shape index (κ3) is 2.85. The zero-order chi connectivity index (χ0) is 20.8. The van der Waals surface area contributed by atoms with Gasteiger partial charge in [-0.05, 0) is 46.1 Å². The standard InChI is InChI=1S/C19H13ClN6O4/c20-11-5-7-12(8-6-11)21-19(27)13-3-1-2-4-14(13)24-22-17-15(25(24)28)9-10-16-18(17)23-30-26(16)29/h1-8H,9-10H2,(H,21,27). The van der Waals surface area contributed by atoms with E-state index in [9.17, 15) is 15.2 Å². The largest absolute Gasteiger partial charge is 0.692 e. The van der Waals surface area contributed by atoms with E-state index in [4.69, 9.17) is 11.6 Å². The topological polar surface area (TPSA) is 127 Å². The number of aromatic nitrogens is 5. The Balaban J connectivity index is 1.56. The van der Waals surface area contributed by atoms with Crippen LogP contribution in [-0.4, -0.2) is 21.0 Å². The number of para-hydroxylation sites is 1. The van der Waals surface area contributed by atoms with Crippen LogP contribution in [0, 0.1) is 10.4 Å². The Bertz CT molecular complexity index is 1280. The van der Waals surface area contributed by atoms with Crippen LogP contribution in [0.2, 0.25) is 5.02 Å². The van der Waals surface area contributed by atoms with Crippen molar-refractivity contribution in [1.29, 1.82) is 0 Å². The van der Waals surface area contributed by atoms with Crippen molar-refractivity contribution in [3.63, 3.8) is 0 Å². The van der Waals surface area contributed by atoms with Crippen LogP contribution in [0.25, 0.3) is 17.1 Å². The first-order valence-corrected chi connectivity index (χ1v) is 9.38. The van der Waals surface area contributed by atoms with E-state index < -0.39 is 5.91 Å². The summed E-state index contributed by atoms with van der Waals surface area (Å²) in [5.74, 6) is -0.416. The number of fused-ring (bicyclic) bond motifs is 3. The SMILES string of the molecule is O=C(Nc1ccc(Cl)cc1)c1ccccc1-n1nc2c([n+]1[O-])CCc1c-2no[n+]1[O-]. The maximum atomic E-state index is 12.9. The number of anilines is 1.